The minimum atomic E-state index is 0.353. The first-order valence-electron chi connectivity index (χ1n) is 6.28. The van der Waals surface area contributed by atoms with E-state index in [9.17, 15) is 5.11 Å². The normalized spacial score (nSPS) is 15.1. The topological polar surface area (TPSA) is 20.2 Å². The molecule has 1 rings (SSSR count). The van der Waals surface area contributed by atoms with Gasteiger partial charge in [0.25, 0.3) is 0 Å². The van der Waals surface area contributed by atoms with Crippen molar-refractivity contribution >= 4 is 0 Å². The van der Waals surface area contributed by atoms with Crippen molar-refractivity contribution in [1.82, 2.24) is 0 Å². The zero-order valence-corrected chi connectivity index (χ0v) is 10.9. The molecule has 0 aliphatic heterocycles. The maximum absolute atomic E-state index is 9.24. The zero-order valence-electron chi connectivity index (χ0n) is 10.9. The number of phenolic OH excluding ortho intramolecular Hbond substituents is 1. The smallest absolute Gasteiger partial charge is 0.115 e. The van der Waals surface area contributed by atoms with Gasteiger partial charge in [0, 0.05) is 0 Å². The second-order valence-electron chi connectivity index (χ2n) is 5.46. The van der Waals surface area contributed by atoms with E-state index in [4.69, 9.17) is 0 Å². The van der Waals surface area contributed by atoms with E-state index in [2.05, 4.69) is 27.7 Å². The minimum absolute atomic E-state index is 0.353. The molecule has 16 heavy (non-hydrogen) atoms. The molecule has 1 aromatic carbocycles. The van der Waals surface area contributed by atoms with E-state index in [1.54, 1.807) is 12.1 Å². The van der Waals surface area contributed by atoms with Crippen molar-refractivity contribution in [1.29, 1.82) is 0 Å². The monoisotopic (exact) mass is 220 g/mol. The van der Waals surface area contributed by atoms with Gasteiger partial charge in [0.05, 0.1) is 0 Å². The highest BCUT2D eigenvalue weighted by Crippen LogP contribution is 2.27. The minimum Gasteiger partial charge on any atom is -0.508 e. The van der Waals surface area contributed by atoms with Crippen LogP contribution in [0.5, 0.6) is 5.75 Å². The SMILES string of the molecule is CC(C)CC(C)CC(C)c1ccc(O)cc1. The fraction of sp³-hybridized carbons (Fsp3) is 0.600. The molecule has 0 spiro atoms. The lowest BCUT2D eigenvalue weighted by Crippen LogP contribution is -2.05. The number of phenols is 1. The van der Waals surface area contributed by atoms with Gasteiger partial charge in [0.15, 0.2) is 0 Å². The lowest BCUT2D eigenvalue weighted by Gasteiger charge is -2.19. The van der Waals surface area contributed by atoms with E-state index in [-0.39, 0.29) is 0 Å². The summed E-state index contributed by atoms with van der Waals surface area (Å²) in [4.78, 5) is 0. The van der Waals surface area contributed by atoms with Crippen molar-refractivity contribution in [3.8, 4) is 5.75 Å². The quantitative estimate of drug-likeness (QED) is 0.770. The summed E-state index contributed by atoms with van der Waals surface area (Å²) < 4.78 is 0. The summed E-state index contributed by atoms with van der Waals surface area (Å²) in [5.74, 6) is 2.48. The van der Waals surface area contributed by atoms with E-state index in [0.29, 0.717) is 11.7 Å². The molecular weight excluding hydrogens is 196 g/mol. The van der Waals surface area contributed by atoms with Crippen molar-refractivity contribution in [2.75, 3.05) is 0 Å². The molecule has 0 fully saturated rings. The largest absolute Gasteiger partial charge is 0.508 e. The van der Waals surface area contributed by atoms with Crippen LogP contribution in [-0.2, 0) is 0 Å². The standard InChI is InChI=1S/C15H24O/c1-11(2)9-12(3)10-13(4)14-5-7-15(16)8-6-14/h5-8,11-13,16H,9-10H2,1-4H3. The maximum atomic E-state index is 9.24. The molecule has 1 heteroatoms. The number of aromatic hydroxyl groups is 1. The van der Waals surface area contributed by atoms with Crippen LogP contribution in [0.4, 0.5) is 0 Å². The highest BCUT2D eigenvalue weighted by Gasteiger charge is 2.12. The van der Waals surface area contributed by atoms with E-state index < -0.39 is 0 Å². The summed E-state index contributed by atoms with van der Waals surface area (Å²) in [6, 6.07) is 7.61. The van der Waals surface area contributed by atoms with Gasteiger partial charge in [-0.1, -0.05) is 39.8 Å². The highest BCUT2D eigenvalue weighted by molar-refractivity contribution is 5.27. The molecule has 0 aliphatic rings. The Bertz CT molecular complexity index is 300. The van der Waals surface area contributed by atoms with E-state index >= 15 is 0 Å². The molecule has 1 N–H and O–H groups in total. The fourth-order valence-electron chi connectivity index (χ4n) is 2.44. The Balaban J connectivity index is 2.51. The Morgan fingerprint density at radius 3 is 2.00 bits per heavy atom. The molecule has 0 aromatic heterocycles. The lowest BCUT2D eigenvalue weighted by atomic mass is 9.87. The van der Waals surface area contributed by atoms with Crippen molar-refractivity contribution in [2.45, 2.75) is 46.5 Å². The number of benzene rings is 1. The van der Waals surface area contributed by atoms with Crippen LogP contribution in [0.15, 0.2) is 24.3 Å². The van der Waals surface area contributed by atoms with Gasteiger partial charge in [-0.15, -0.1) is 0 Å². The maximum Gasteiger partial charge on any atom is 0.115 e. The average molecular weight is 220 g/mol. The Morgan fingerprint density at radius 2 is 1.50 bits per heavy atom. The third kappa shape index (κ3) is 4.26. The van der Waals surface area contributed by atoms with Crippen LogP contribution in [0.3, 0.4) is 0 Å². The van der Waals surface area contributed by atoms with Crippen LogP contribution < -0.4 is 0 Å². The molecule has 0 amide bonds. The van der Waals surface area contributed by atoms with Crippen LogP contribution in [0.25, 0.3) is 0 Å². The molecule has 1 aromatic rings. The first-order chi connectivity index (χ1) is 7.49. The van der Waals surface area contributed by atoms with Gasteiger partial charge in [0.1, 0.15) is 5.75 Å². The molecule has 0 saturated heterocycles. The van der Waals surface area contributed by atoms with Gasteiger partial charge in [-0.2, -0.15) is 0 Å². The first kappa shape index (κ1) is 13.1. The molecule has 1 nitrogen and oxygen atoms in total. The van der Waals surface area contributed by atoms with Crippen LogP contribution in [0.1, 0.15) is 52.0 Å². The summed E-state index contributed by atoms with van der Waals surface area (Å²) in [6.45, 7) is 9.16. The van der Waals surface area contributed by atoms with E-state index in [1.165, 1.54) is 18.4 Å². The molecule has 90 valence electrons. The molecule has 2 atom stereocenters. The molecular formula is C15H24O. The van der Waals surface area contributed by atoms with Gasteiger partial charge in [-0.3, -0.25) is 0 Å². The summed E-state index contributed by atoms with van der Waals surface area (Å²) in [7, 11) is 0. The van der Waals surface area contributed by atoms with Gasteiger partial charge < -0.3 is 5.11 Å². The van der Waals surface area contributed by atoms with Crippen molar-refractivity contribution in [3.05, 3.63) is 29.8 Å². The van der Waals surface area contributed by atoms with Crippen LogP contribution in [-0.4, -0.2) is 5.11 Å². The second-order valence-corrected chi connectivity index (χ2v) is 5.46. The average Bonchev–Trinajstić information content (AvgIpc) is 2.16. The molecule has 0 saturated carbocycles. The Morgan fingerprint density at radius 1 is 0.938 bits per heavy atom. The molecule has 0 bridgehead atoms. The molecule has 0 radical (unpaired) electrons. The van der Waals surface area contributed by atoms with Crippen LogP contribution in [0.2, 0.25) is 0 Å². The van der Waals surface area contributed by atoms with Gasteiger partial charge >= 0.3 is 0 Å². The zero-order chi connectivity index (χ0) is 12.1. The number of hydrogen-bond donors (Lipinski definition) is 1. The number of hydrogen-bond acceptors (Lipinski definition) is 1. The van der Waals surface area contributed by atoms with Crippen molar-refractivity contribution in [3.63, 3.8) is 0 Å². The predicted molar refractivity (Wildman–Crippen MR) is 69.8 cm³/mol. The lowest BCUT2D eigenvalue weighted by molar-refractivity contribution is 0.392. The van der Waals surface area contributed by atoms with Gasteiger partial charge in [0.2, 0.25) is 0 Å². The van der Waals surface area contributed by atoms with E-state index in [1.807, 2.05) is 12.1 Å². The summed E-state index contributed by atoms with van der Waals surface area (Å²) in [5, 5.41) is 9.24. The second kappa shape index (κ2) is 5.93. The first-order valence-corrected chi connectivity index (χ1v) is 6.28. The van der Waals surface area contributed by atoms with Crippen molar-refractivity contribution in [2.24, 2.45) is 11.8 Å². The number of rotatable bonds is 5. The van der Waals surface area contributed by atoms with Crippen molar-refractivity contribution < 1.29 is 5.11 Å². The summed E-state index contributed by atoms with van der Waals surface area (Å²) in [6.07, 6.45) is 2.52. The van der Waals surface area contributed by atoms with Gasteiger partial charge in [-0.25, -0.2) is 0 Å². The summed E-state index contributed by atoms with van der Waals surface area (Å²) in [5.41, 5.74) is 1.33. The third-order valence-corrected chi connectivity index (χ3v) is 3.09. The fourth-order valence-corrected chi connectivity index (χ4v) is 2.44. The predicted octanol–water partition coefficient (Wildman–Crippen LogP) is 4.57. The van der Waals surface area contributed by atoms with Crippen LogP contribution in [0, 0.1) is 11.8 Å². The van der Waals surface area contributed by atoms with Crippen LogP contribution >= 0.6 is 0 Å². The molecule has 0 aliphatic carbocycles. The summed E-state index contributed by atoms with van der Waals surface area (Å²) >= 11 is 0. The van der Waals surface area contributed by atoms with Gasteiger partial charge in [-0.05, 0) is 48.3 Å². The Hall–Kier alpha value is -0.980. The molecule has 2 unspecified atom stereocenters. The molecule has 0 heterocycles. The van der Waals surface area contributed by atoms with E-state index in [0.717, 1.165) is 11.8 Å². The Labute approximate surface area is 99.5 Å². The highest BCUT2D eigenvalue weighted by atomic mass is 16.3. The third-order valence-electron chi connectivity index (χ3n) is 3.09. The Kier molecular flexibility index (Phi) is 4.85.